The molecule has 0 saturated carbocycles. The number of imidazole rings is 1. The van der Waals surface area contributed by atoms with Crippen LogP contribution in [-0.4, -0.2) is 65.9 Å². The van der Waals surface area contributed by atoms with Gasteiger partial charge < -0.3 is 19.9 Å². The quantitative estimate of drug-likeness (QED) is 0.680. The molecule has 4 heterocycles. The summed E-state index contributed by atoms with van der Waals surface area (Å²) < 4.78 is 7.50. The second-order valence-electron chi connectivity index (χ2n) is 8.73. The van der Waals surface area contributed by atoms with Crippen LogP contribution in [-0.2, 0) is 9.53 Å². The first-order valence-electron chi connectivity index (χ1n) is 11.3. The van der Waals surface area contributed by atoms with Gasteiger partial charge in [0.1, 0.15) is 0 Å². The van der Waals surface area contributed by atoms with E-state index in [0.29, 0.717) is 0 Å². The highest BCUT2D eigenvalue weighted by molar-refractivity contribution is 5.78. The fourth-order valence-corrected chi connectivity index (χ4v) is 4.85. The van der Waals surface area contributed by atoms with Crippen molar-refractivity contribution in [3.8, 4) is 11.3 Å². The summed E-state index contributed by atoms with van der Waals surface area (Å²) in [6, 6.07) is 10.9. The maximum atomic E-state index is 11.5. The first-order valence-corrected chi connectivity index (χ1v) is 11.3. The summed E-state index contributed by atoms with van der Waals surface area (Å²) >= 11 is 0. The number of carbonyl (C=O) groups is 1. The molecule has 3 aromatic rings. The highest BCUT2D eigenvalue weighted by atomic mass is 16.5. The molecule has 1 atom stereocenters. The summed E-state index contributed by atoms with van der Waals surface area (Å²) in [6.07, 6.45) is 0.932. The number of aromatic nitrogens is 3. The third-order valence-electron chi connectivity index (χ3n) is 6.29. The van der Waals surface area contributed by atoms with Crippen molar-refractivity contribution in [2.24, 2.45) is 0 Å². The second-order valence-corrected chi connectivity index (χ2v) is 8.73. The molecule has 0 bridgehead atoms. The summed E-state index contributed by atoms with van der Waals surface area (Å²) in [5.74, 6) is 0.0204. The van der Waals surface area contributed by atoms with Gasteiger partial charge in [0.25, 0.3) is 0 Å². The van der Waals surface area contributed by atoms with E-state index in [1.165, 1.54) is 5.69 Å². The Kier molecular flexibility index (Phi) is 5.46. The number of carbonyl (C=O) groups excluding carboxylic acids is 1. The first kappa shape index (κ1) is 20.8. The molecule has 1 N–H and O–H groups in total. The Morgan fingerprint density at radius 3 is 2.72 bits per heavy atom. The van der Waals surface area contributed by atoms with E-state index in [-0.39, 0.29) is 11.9 Å². The molecule has 2 aromatic heterocycles. The number of aryl methyl sites for hydroxylation is 2. The Balaban J connectivity index is 1.53. The standard InChI is InChI=1S/C24H30N6O2/c1-16-13-22(29-8-7-20(15-29)26-18(3)31)24-25-17(2)23(30(24)27-16)19-5-4-6-21(14-19)28-9-11-32-12-10-28/h4-6,13-14,20H,7-12,15H2,1-3H3,(H,26,31)/t20-/m1/s1. The minimum Gasteiger partial charge on any atom is -0.378 e. The number of benzene rings is 1. The van der Waals surface area contributed by atoms with Gasteiger partial charge in [-0.2, -0.15) is 5.10 Å². The van der Waals surface area contributed by atoms with Gasteiger partial charge in [-0.1, -0.05) is 12.1 Å². The maximum absolute atomic E-state index is 11.5. The molecule has 168 valence electrons. The van der Waals surface area contributed by atoms with Crippen molar-refractivity contribution in [3.63, 3.8) is 0 Å². The lowest BCUT2D eigenvalue weighted by Gasteiger charge is -2.29. The van der Waals surface area contributed by atoms with Gasteiger partial charge in [-0.05, 0) is 38.5 Å². The van der Waals surface area contributed by atoms with Crippen LogP contribution in [0.25, 0.3) is 16.9 Å². The summed E-state index contributed by atoms with van der Waals surface area (Å²) in [5.41, 5.74) is 7.18. The zero-order valence-corrected chi connectivity index (χ0v) is 19.0. The average molecular weight is 435 g/mol. The van der Waals surface area contributed by atoms with E-state index in [4.69, 9.17) is 14.8 Å². The number of rotatable bonds is 4. The molecular formula is C24H30N6O2. The zero-order chi connectivity index (χ0) is 22.2. The van der Waals surface area contributed by atoms with E-state index >= 15 is 0 Å². The van der Waals surface area contributed by atoms with E-state index < -0.39 is 0 Å². The smallest absolute Gasteiger partial charge is 0.217 e. The maximum Gasteiger partial charge on any atom is 0.217 e. The number of anilines is 2. The predicted octanol–water partition coefficient (Wildman–Crippen LogP) is 2.56. The van der Waals surface area contributed by atoms with Crippen LogP contribution in [0.3, 0.4) is 0 Å². The largest absolute Gasteiger partial charge is 0.378 e. The van der Waals surface area contributed by atoms with Gasteiger partial charge in [0.05, 0.1) is 36.0 Å². The third kappa shape index (κ3) is 3.90. The lowest BCUT2D eigenvalue weighted by Crippen LogP contribution is -2.36. The first-order chi connectivity index (χ1) is 15.5. The number of morpholine rings is 1. The van der Waals surface area contributed by atoms with Gasteiger partial charge in [-0.15, -0.1) is 0 Å². The van der Waals surface area contributed by atoms with Crippen molar-refractivity contribution in [2.75, 3.05) is 49.2 Å². The van der Waals surface area contributed by atoms with Gasteiger partial charge >= 0.3 is 0 Å². The monoisotopic (exact) mass is 434 g/mol. The average Bonchev–Trinajstić information content (AvgIpc) is 3.37. The molecule has 2 saturated heterocycles. The number of fused-ring (bicyclic) bond motifs is 1. The predicted molar refractivity (Wildman–Crippen MR) is 125 cm³/mol. The Labute approximate surface area is 188 Å². The Morgan fingerprint density at radius 1 is 1.12 bits per heavy atom. The number of amides is 1. The van der Waals surface area contributed by atoms with Crippen molar-refractivity contribution in [1.82, 2.24) is 19.9 Å². The van der Waals surface area contributed by atoms with Gasteiger partial charge in [0.15, 0.2) is 5.65 Å². The van der Waals surface area contributed by atoms with Gasteiger partial charge in [-0.3, -0.25) is 4.79 Å². The molecular weight excluding hydrogens is 404 g/mol. The van der Waals surface area contributed by atoms with Gasteiger partial charge in [0, 0.05) is 50.4 Å². The van der Waals surface area contributed by atoms with E-state index in [0.717, 1.165) is 79.8 Å². The molecule has 1 amide bonds. The minimum absolute atomic E-state index is 0.0204. The number of ether oxygens (including phenoxy) is 1. The molecule has 1 aromatic carbocycles. The lowest BCUT2D eigenvalue weighted by molar-refractivity contribution is -0.119. The second kappa shape index (κ2) is 8.43. The van der Waals surface area contributed by atoms with E-state index in [1.54, 1.807) is 6.92 Å². The molecule has 2 aliphatic heterocycles. The van der Waals surface area contributed by atoms with Crippen LogP contribution in [0.4, 0.5) is 11.4 Å². The molecule has 2 aliphatic rings. The van der Waals surface area contributed by atoms with Crippen LogP contribution in [0.15, 0.2) is 30.3 Å². The third-order valence-corrected chi connectivity index (χ3v) is 6.29. The Morgan fingerprint density at radius 2 is 1.94 bits per heavy atom. The summed E-state index contributed by atoms with van der Waals surface area (Å²) in [7, 11) is 0. The van der Waals surface area contributed by atoms with Crippen molar-refractivity contribution in [1.29, 1.82) is 0 Å². The van der Waals surface area contributed by atoms with E-state index in [9.17, 15) is 4.79 Å². The molecule has 5 rings (SSSR count). The van der Waals surface area contributed by atoms with Crippen molar-refractivity contribution >= 4 is 22.9 Å². The highest BCUT2D eigenvalue weighted by Crippen LogP contribution is 2.32. The summed E-state index contributed by atoms with van der Waals surface area (Å²) in [5, 5.41) is 7.89. The summed E-state index contributed by atoms with van der Waals surface area (Å²) in [6.45, 7) is 10.7. The van der Waals surface area contributed by atoms with Crippen molar-refractivity contribution in [2.45, 2.75) is 33.2 Å². The fraction of sp³-hybridized carbons (Fsp3) is 0.458. The Hall–Kier alpha value is -3.13. The fourth-order valence-electron chi connectivity index (χ4n) is 4.85. The van der Waals surface area contributed by atoms with Crippen LogP contribution in [0.1, 0.15) is 24.7 Å². The van der Waals surface area contributed by atoms with Crippen LogP contribution < -0.4 is 15.1 Å². The van der Waals surface area contributed by atoms with E-state index in [1.807, 2.05) is 11.4 Å². The molecule has 8 heteroatoms. The highest BCUT2D eigenvalue weighted by Gasteiger charge is 2.27. The molecule has 0 spiro atoms. The molecule has 8 nitrogen and oxygen atoms in total. The van der Waals surface area contributed by atoms with Crippen LogP contribution in [0, 0.1) is 13.8 Å². The van der Waals surface area contributed by atoms with Gasteiger partial charge in [-0.25, -0.2) is 9.50 Å². The number of hydrogen-bond acceptors (Lipinski definition) is 6. The number of nitrogens with one attached hydrogen (secondary N) is 1. The van der Waals surface area contributed by atoms with Crippen LogP contribution >= 0.6 is 0 Å². The van der Waals surface area contributed by atoms with E-state index in [2.05, 4.69) is 52.4 Å². The topological polar surface area (TPSA) is 75.0 Å². The van der Waals surface area contributed by atoms with Crippen LogP contribution in [0.2, 0.25) is 0 Å². The van der Waals surface area contributed by atoms with Crippen LogP contribution in [0.5, 0.6) is 0 Å². The molecule has 32 heavy (non-hydrogen) atoms. The lowest BCUT2D eigenvalue weighted by atomic mass is 10.1. The molecule has 0 unspecified atom stereocenters. The minimum atomic E-state index is 0.0204. The number of nitrogens with zero attached hydrogens (tertiary/aromatic N) is 5. The molecule has 0 aliphatic carbocycles. The van der Waals surface area contributed by atoms with Crippen molar-refractivity contribution < 1.29 is 9.53 Å². The Bertz CT molecular complexity index is 1150. The summed E-state index contributed by atoms with van der Waals surface area (Å²) in [4.78, 5) is 21.1. The SMILES string of the molecule is CC(=O)N[C@@H]1CCN(c2cc(C)nn3c(-c4cccc(N5CCOCC5)c4)c(C)nc23)C1. The van der Waals surface area contributed by atoms with Gasteiger partial charge in [0.2, 0.25) is 5.91 Å². The zero-order valence-electron chi connectivity index (χ0n) is 19.0. The normalized spacial score (nSPS) is 19.0. The number of hydrogen-bond donors (Lipinski definition) is 1. The molecule has 2 fully saturated rings. The van der Waals surface area contributed by atoms with Crippen molar-refractivity contribution in [3.05, 3.63) is 41.7 Å². The molecule has 0 radical (unpaired) electrons.